The Morgan fingerprint density at radius 1 is 1.30 bits per heavy atom. The number of carbonyl (C=O) groups excluding carboxylic acids is 1. The molecule has 0 aliphatic heterocycles. The summed E-state index contributed by atoms with van der Waals surface area (Å²) in [7, 11) is 0. The van der Waals surface area contributed by atoms with E-state index < -0.39 is 0 Å². The van der Waals surface area contributed by atoms with E-state index in [9.17, 15) is 4.79 Å². The van der Waals surface area contributed by atoms with Gasteiger partial charge >= 0.3 is 5.97 Å². The first-order valence-corrected chi connectivity index (χ1v) is 6.74. The minimum atomic E-state index is -0.384. The Morgan fingerprint density at radius 3 is 2.40 bits per heavy atom. The van der Waals surface area contributed by atoms with E-state index in [0.29, 0.717) is 6.61 Å². The van der Waals surface area contributed by atoms with Gasteiger partial charge in [-0.3, -0.25) is 0 Å². The van der Waals surface area contributed by atoms with Crippen LogP contribution in [0.25, 0.3) is 5.57 Å². The quantitative estimate of drug-likeness (QED) is 0.419. The summed E-state index contributed by atoms with van der Waals surface area (Å²) in [4.78, 5) is 10.9. The van der Waals surface area contributed by atoms with Crippen LogP contribution < -0.4 is 0 Å². The Kier molecular flexibility index (Phi) is 5.75. The van der Waals surface area contributed by atoms with Crippen LogP contribution in [-0.2, 0) is 14.9 Å². The van der Waals surface area contributed by atoms with Crippen LogP contribution >= 0.6 is 0 Å². The molecule has 0 atom stereocenters. The molecule has 1 rings (SSSR count). The van der Waals surface area contributed by atoms with Crippen LogP contribution in [0.4, 0.5) is 0 Å². The molecule has 0 saturated carbocycles. The van der Waals surface area contributed by atoms with E-state index in [2.05, 4.69) is 51.3 Å². The molecule has 0 unspecified atom stereocenters. The summed E-state index contributed by atoms with van der Waals surface area (Å²) in [5, 5.41) is 0. The third-order valence-corrected chi connectivity index (χ3v) is 3.32. The van der Waals surface area contributed by atoms with Crippen molar-refractivity contribution in [3.63, 3.8) is 0 Å². The van der Waals surface area contributed by atoms with Crippen LogP contribution in [0.15, 0.2) is 43.5 Å². The van der Waals surface area contributed by atoms with E-state index in [1.165, 1.54) is 11.6 Å². The zero-order valence-corrected chi connectivity index (χ0v) is 12.6. The largest absolute Gasteiger partial charge is 0.462 e. The molecule has 0 spiro atoms. The smallest absolute Gasteiger partial charge is 0.330 e. The fourth-order valence-corrected chi connectivity index (χ4v) is 1.94. The third kappa shape index (κ3) is 4.69. The molecule has 0 aliphatic rings. The summed E-state index contributed by atoms with van der Waals surface area (Å²) < 4.78 is 4.95. The summed E-state index contributed by atoms with van der Waals surface area (Å²) in [6, 6.07) is 8.45. The minimum absolute atomic E-state index is 0.00813. The predicted molar refractivity (Wildman–Crippen MR) is 84.2 cm³/mol. The molecular weight excluding hydrogens is 248 g/mol. The Morgan fingerprint density at radius 2 is 1.90 bits per heavy atom. The Balaban J connectivity index is 2.57. The molecular formula is C18H23O2. The highest BCUT2D eigenvalue weighted by Gasteiger charge is 2.20. The highest BCUT2D eigenvalue weighted by atomic mass is 16.5. The number of rotatable bonds is 7. The van der Waals surface area contributed by atoms with Gasteiger partial charge < -0.3 is 4.74 Å². The van der Waals surface area contributed by atoms with Gasteiger partial charge in [0.2, 0.25) is 0 Å². The minimum Gasteiger partial charge on any atom is -0.462 e. The zero-order valence-electron chi connectivity index (χ0n) is 12.6. The van der Waals surface area contributed by atoms with Gasteiger partial charge in [-0.2, -0.15) is 0 Å². The molecule has 20 heavy (non-hydrogen) atoms. The first-order valence-electron chi connectivity index (χ1n) is 6.74. The summed E-state index contributed by atoms with van der Waals surface area (Å²) in [5.41, 5.74) is 3.49. The van der Waals surface area contributed by atoms with Crippen molar-refractivity contribution >= 4 is 11.5 Å². The van der Waals surface area contributed by atoms with E-state index in [1.54, 1.807) is 0 Å². The molecule has 1 aromatic carbocycles. The van der Waals surface area contributed by atoms with Crippen molar-refractivity contribution in [3.8, 4) is 0 Å². The highest BCUT2D eigenvalue weighted by Crippen LogP contribution is 2.29. The van der Waals surface area contributed by atoms with Crippen LogP contribution in [0, 0.1) is 6.42 Å². The maximum Gasteiger partial charge on any atom is 0.330 e. The molecule has 2 nitrogen and oxygen atoms in total. The van der Waals surface area contributed by atoms with Crippen molar-refractivity contribution in [1.29, 1.82) is 0 Å². The molecule has 0 bridgehead atoms. The lowest BCUT2D eigenvalue weighted by Gasteiger charge is -2.25. The van der Waals surface area contributed by atoms with Gasteiger partial charge in [0.1, 0.15) is 0 Å². The second-order valence-electron chi connectivity index (χ2n) is 5.57. The lowest BCUT2D eigenvalue weighted by Crippen LogP contribution is -2.18. The van der Waals surface area contributed by atoms with Gasteiger partial charge in [-0.25, -0.2) is 4.79 Å². The van der Waals surface area contributed by atoms with Crippen LogP contribution in [0.3, 0.4) is 0 Å². The monoisotopic (exact) mass is 271 g/mol. The summed E-state index contributed by atoms with van der Waals surface area (Å²) in [6.45, 7) is 14.0. The van der Waals surface area contributed by atoms with Crippen molar-refractivity contribution in [3.05, 3.63) is 61.0 Å². The SMILES string of the molecule is C=CC(=O)OC[CH]CC(C)(C)c1ccc(C(=C)C)cc1. The van der Waals surface area contributed by atoms with E-state index in [1.807, 2.05) is 13.3 Å². The van der Waals surface area contributed by atoms with Crippen LogP contribution in [-0.4, -0.2) is 12.6 Å². The van der Waals surface area contributed by atoms with Crippen LogP contribution in [0.2, 0.25) is 0 Å². The molecule has 2 heteroatoms. The molecule has 0 amide bonds. The molecule has 0 aliphatic carbocycles. The van der Waals surface area contributed by atoms with Crippen LogP contribution in [0.5, 0.6) is 0 Å². The van der Waals surface area contributed by atoms with Crippen molar-refractivity contribution in [2.75, 3.05) is 6.61 Å². The number of hydrogen-bond acceptors (Lipinski definition) is 2. The lowest BCUT2D eigenvalue weighted by atomic mass is 9.80. The third-order valence-electron chi connectivity index (χ3n) is 3.32. The average molecular weight is 271 g/mol. The van der Waals surface area contributed by atoms with E-state index >= 15 is 0 Å². The number of allylic oxidation sites excluding steroid dienone is 1. The van der Waals surface area contributed by atoms with Crippen molar-refractivity contribution in [1.82, 2.24) is 0 Å². The maximum absolute atomic E-state index is 10.9. The van der Waals surface area contributed by atoms with E-state index in [0.717, 1.165) is 17.6 Å². The number of benzene rings is 1. The topological polar surface area (TPSA) is 26.3 Å². The number of carbonyl (C=O) groups is 1. The first kappa shape index (κ1) is 16.2. The van der Waals surface area contributed by atoms with E-state index in [4.69, 9.17) is 4.74 Å². The second kappa shape index (κ2) is 7.09. The Hall–Kier alpha value is -1.83. The average Bonchev–Trinajstić information content (AvgIpc) is 2.43. The predicted octanol–water partition coefficient (Wildman–Crippen LogP) is 4.32. The fourth-order valence-electron chi connectivity index (χ4n) is 1.94. The fraction of sp³-hybridized carbons (Fsp3) is 0.333. The Bertz CT molecular complexity index is 481. The maximum atomic E-state index is 10.9. The lowest BCUT2D eigenvalue weighted by molar-refractivity contribution is -0.136. The van der Waals surface area contributed by atoms with Gasteiger partial charge in [0.15, 0.2) is 0 Å². The molecule has 0 saturated heterocycles. The molecule has 107 valence electrons. The van der Waals surface area contributed by atoms with Gasteiger partial charge in [0.05, 0.1) is 6.61 Å². The molecule has 1 radical (unpaired) electrons. The number of ether oxygens (including phenoxy) is 1. The molecule has 0 N–H and O–H groups in total. The molecule has 1 aromatic rings. The second-order valence-corrected chi connectivity index (χ2v) is 5.57. The normalized spacial score (nSPS) is 10.9. The van der Waals surface area contributed by atoms with Crippen LogP contribution in [0.1, 0.15) is 38.3 Å². The summed E-state index contributed by atoms with van der Waals surface area (Å²) >= 11 is 0. The van der Waals surface area contributed by atoms with Crippen molar-refractivity contribution in [2.24, 2.45) is 0 Å². The van der Waals surface area contributed by atoms with Crippen molar-refractivity contribution in [2.45, 2.75) is 32.6 Å². The van der Waals surface area contributed by atoms with Gasteiger partial charge in [0.25, 0.3) is 0 Å². The molecule has 0 aromatic heterocycles. The summed E-state index contributed by atoms with van der Waals surface area (Å²) in [6.07, 6.45) is 3.99. The van der Waals surface area contributed by atoms with Gasteiger partial charge in [-0.15, -0.1) is 0 Å². The zero-order chi connectivity index (χ0) is 15.2. The van der Waals surface area contributed by atoms with Gasteiger partial charge in [-0.05, 0) is 29.9 Å². The molecule has 0 heterocycles. The molecule has 0 fully saturated rings. The first-order chi connectivity index (χ1) is 9.36. The summed E-state index contributed by atoms with van der Waals surface area (Å²) in [5.74, 6) is -0.384. The van der Waals surface area contributed by atoms with Gasteiger partial charge in [-0.1, -0.05) is 56.8 Å². The van der Waals surface area contributed by atoms with Gasteiger partial charge in [0, 0.05) is 12.5 Å². The van der Waals surface area contributed by atoms with E-state index in [-0.39, 0.29) is 11.4 Å². The number of esters is 1. The number of hydrogen-bond donors (Lipinski definition) is 0. The highest BCUT2D eigenvalue weighted by molar-refractivity contribution is 5.81. The standard InChI is InChI=1S/C18H23O2/c1-6-17(19)20-13-7-12-18(4,5)16-10-8-15(9-11-16)14(2)3/h6-11H,1-2,12-13H2,3-5H3. The van der Waals surface area contributed by atoms with Crippen molar-refractivity contribution < 1.29 is 9.53 Å². The Labute approximate surface area is 122 Å².